The van der Waals surface area contributed by atoms with E-state index in [9.17, 15) is 19.5 Å². The number of H-pyrrole nitrogens is 1. The van der Waals surface area contributed by atoms with Gasteiger partial charge in [-0.25, -0.2) is 9.78 Å². The van der Waals surface area contributed by atoms with Crippen molar-refractivity contribution in [1.29, 1.82) is 0 Å². The lowest BCUT2D eigenvalue weighted by Crippen LogP contribution is -2.56. The number of aromatic amines is 1. The Labute approximate surface area is 140 Å². The van der Waals surface area contributed by atoms with Crippen LogP contribution in [0.1, 0.15) is 32.9 Å². The summed E-state index contributed by atoms with van der Waals surface area (Å²) in [6, 6.07) is -2.76. The third-order valence-corrected chi connectivity index (χ3v) is 3.80. The summed E-state index contributed by atoms with van der Waals surface area (Å²) in [4.78, 5) is 42.4. The van der Waals surface area contributed by atoms with Gasteiger partial charge in [-0.1, -0.05) is 20.3 Å². The van der Waals surface area contributed by atoms with Crippen LogP contribution in [-0.4, -0.2) is 51.0 Å². The number of carboxylic acid groups (broad SMARTS) is 1. The number of nitrogens with one attached hydrogen (secondary N) is 3. The van der Waals surface area contributed by atoms with Gasteiger partial charge in [0.15, 0.2) is 0 Å². The van der Waals surface area contributed by atoms with Crippen LogP contribution in [0.4, 0.5) is 0 Å². The quantitative estimate of drug-likeness (QED) is 0.405. The molecule has 0 radical (unpaired) electrons. The first kappa shape index (κ1) is 19.6. The summed E-state index contributed by atoms with van der Waals surface area (Å²) in [7, 11) is 0. The predicted molar refractivity (Wildman–Crippen MR) is 86.9 cm³/mol. The molecule has 4 atom stereocenters. The minimum atomic E-state index is -1.11. The van der Waals surface area contributed by atoms with Gasteiger partial charge in [0.05, 0.1) is 12.4 Å². The first-order valence-corrected chi connectivity index (χ1v) is 7.82. The van der Waals surface area contributed by atoms with Crippen molar-refractivity contribution in [1.82, 2.24) is 20.6 Å². The van der Waals surface area contributed by atoms with Gasteiger partial charge in [0.1, 0.15) is 12.1 Å². The summed E-state index contributed by atoms with van der Waals surface area (Å²) in [6.45, 7) is 5.08. The van der Waals surface area contributed by atoms with Gasteiger partial charge in [0, 0.05) is 18.3 Å². The molecule has 1 rings (SSSR count). The molecule has 0 bridgehead atoms. The molecule has 0 fully saturated rings. The molecule has 0 aliphatic heterocycles. The van der Waals surface area contributed by atoms with E-state index in [-0.39, 0.29) is 12.3 Å². The highest BCUT2D eigenvalue weighted by Crippen LogP contribution is 2.09. The number of nitrogens with two attached hydrogens (primary N) is 1. The minimum absolute atomic E-state index is 0.150. The lowest BCUT2D eigenvalue weighted by Gasteiger charge is -2.24. The molecule has 24 heavy (non-hydrogen) atoms. The number of carbonyl (C=O) groups is 3. The zero-order valence-corrected chi connectivity index (χ0v) is 14.1. The number of amides is 2. The van der Waals surface area contributed by atoms with Gasteiger partial charge in [-0.15, -0.1) is 0 Å². The minimum Gasteiger partial charge on any atom is -0.480 e. The topological polar surface area (TPSA) is 150 Å². The summed E-state index contributed by atoms with van der Waals surface area (Å²) in [5.41, 5.74) is 6.15. The van der Waals surface area contributed by atoms with E-state index in [0.717, 1.165) is 0 Å². The van der Waals surface area contributed by atoms with Gasteiger partial charge in [0.2, 0.25) is 11.8 Å². The smallest absolute Gasteiger partial charge is 0.326 e. The van der Waals surface area contributed by atoms with Crippen molar-refractivity contribution in [2.75, 3.05) is 0 Å². The van der Waals surface area contributed by atoms with Crippen LogP contribution >= 0.6 is 0 Å². The molecule has 1 aromatic heterocycles. The standard InChI is InChI=1S/C15H25N5O4/c1-4-8(2)12(15(23)24)20-14(22)11(19-13(21)9(3)16)5-10-6-17-7-18-10/h6-9,11-12H,4-5,16H2,1-3H3,(H,17,18)(H,19,21)(H,20,22)(H,23,24). The molecule has 9 nitrogen and oxygen atoms in total. The maximum Gasteiger partial charge on any atom is 0.326 e. The average molecular weight is 339 g/mol. The number of hydrogen-bond acceptors (Lipinski definition) is 5. The van der Waals surface area contributed by atoms with Gasteiger partial charge in [-0.3, -0.25) is 9.59 Å². The number of nitrogens with zero attached hydrogens (tertiary/aromatic N) is 1. The first-order chi connectivity index (χ1) is 11.3. The average Bonchev–Trinajstić information content (AvgIpc) is 3.03. The number of hydrogen-bond donors (Lipinski definition) is 5. The Bertz CT molecular complexity index is 558. The van der Waals surface area contributed by atoms with Crippen molar-refractivity contribution in [2.24, 2.45) is 11.7 Å². The second kappa shape index (κ2) is 9.02. The van der Waals surface area contributed by atoms with Crippen molar-refractivity contribution in [3.05, 3.63) is 18.2 Å². The molecule has 2 amide bonds. The van der Waals surface area contributed by atoms with Crippen molar-refractivity contribution in [2.45, 2.75) is 51.7 Å². The summed E-state index contributed by atoms with van der Waals surface area (Å²) in [6.07, 6.45) is 3.73. The number of carbonyl (C=O) groups excluding carboxylic acids is 2. The second-order valence-electron chi connectivity index (χ2n) is 5.84. The van der Waals surface area contributed by atoms with Crippen molar-refractivity contribution in [3.63, 3.8) is 0 Å². The highest BCUT2D eigenvalue weighted by molar-refractivity contribution is 5.91. The van der Waals surface area contributed by atoms with E-state index in [1.807, 2.05) is 6.92 Å². The summed E-state index contributed by atoms with van der Waals surface area (Å²) in [5.74, 6) is -2.43. The molecule has 1 heterocycles. The van der Waals surface area contributed by atoms with E-state index in [0.29, 0.717) is 12.1 Å². The van der Waals surface area contributed by atoms with Crippen LogP contribution in [0.2, 0.25) is 0 Å². The molecule has 0 aliphatic rings. The number of aromatic nitrogens is 2. The zero-order valence-electron chi connectivity index (χ0n) is 14.1. The van der Waals surface area contributed by atoms with E-state index >= 15 is 0 Å². The van der Waals surface area contributed by atoms with Crippen LogP contribution in [0.15, 0.2) is 12.5 Å². The second-order valence-corrected chi connectivity index (χ2v) is 5.84. The largest absolute Gasteiger partial charge is 0.480 e. The number of rotatable bonds is 9. The molecule has 9 heteroatoms. The summed E-state index contributed by atoms with van der Waals surface area (Å²) >= 11 is 0. The van der Waals surface area contributed by atoms with Crippen LogP contribution in [0, 0.1) is 5.92 Å². The Balaban J connectivity index is 2.88. The highest BCUT2D eigenvalue weighted by atomic mass is 16.4. The van der Waals surface area contributed by atoms with E-state index < -0.39 is 35.9 Å². The van der Waals surface area contributed by atoms with Crippen LogP contribution in [0.3, 0.4) is 0 Å². The van der Waals surface area contributed by atoms with Gasteiger partial charge >= 0.3 is 5.97 Å². The molecule has 1 aromatic rings. The Hall–Kier alpha value is -2.42. The maximum atomic E-state index is 12.5. The normalized spacial score (nSPS) is 15.8. The van der Waals surface area contributed by atoms with E-state index in [1.54, 1.807) is 6.92 Å². The highest BCUT2D eigenvalue weighted by Gasteiger charge is 2.30. The Morgan fingerprint density at radius 1 is 1.29 bits per heavy atom. The molecule has 0 aliphatic carbocycles. The third-order valence-electron chi connectivity index (χ3n) is 3.80. The fourth-order valence-corrected chi connectivity index (χ4v) is 2.07. The van der Waals surface area contributed by atoms with Crippen molar-refractivity contribution >= 4 is 17.8 Å². The summed E-state index contributed by atoms with van der Waals surface area (Å²) in [5, 5.41) is 14.3. The Morgan fingerprint density at radius 3 is 2.42 bits per heavy atom. The number of aliphatic carboxylic acids is 1. The molecule has 0 saturated heterocycles. The fourth-order valence-electron chi connectivity index (χ4n) is 2.07. The van der Waals surface area contributed by atoms with E-state index in [1.165, 1.54) is 19.4 Å². The van der Waals surface area contributed by atoms with Gasteiger partial charge in [0.25, 0.3) is 0 Å². The monoisotopic (exact) mass is 339 g/mol. The van der Waals surface area contributed by atoms with E-state index in [2.05, 4.69) is 20.6 Å². The molecule has 0 spiro atoms. The van der Waals surface area contributed by atoms with E-state index in [4.69, 9.17) is 5.73 Å². The van der Waals surface area contributed by atoms with Gasteiger partial charge < -0.3 is 26.5 Å². The lowest BCUT2D eigenvalue weighted by molar-refractivity contribution is -0.143. The first-order valence-electron chi connectivity index (χ1n) is 7.82. The van der Waals surface area contributed by atoms with Crippen molar-refractivity contribution in [3.8, 4) is 0 Å². The fraction of sp³-hybridized carbons (Fsp3) is 0.600. The molecular weight excluding hydrogens is 314 g/mol. The number of imidazole rings is 1. The molecule has 6 N–H and O–H groups in total. The molecule has 0 saturated carbocycles. The van der Waals surface area contributed by atoms with Crippen LogP contribution < -0.4 is 16.4 Å². The van der Waals surface area contributed by atoms with Crippen LogP contribution in [0.25, 0.3) is 0 Å². The Kier molecular flexibility index (Phi) is 7.37. The third kappa shape index (κ3) is 5.65. The molecule has 0 aromatic carbocycles. The summed E-state index contributed by atoms with van der Waals surface area (Å²) < 4.78 is 0. The molecule has 134 valence electrons. The SMILES string of the molecule is CCC(C)C(NC(=O)C(Cc1cnc[nH]1)NC(=O)C(C)N)C(=O)O. The molecule has 4 unspecified atom stereocenters. The zero-order chi connectivity index (χ0) is 18.3. The number of carboxylic acids is 1. The van der Waals surface area contributed by atoms with Crippen molar-refractivity contribution < 1.29 is 19.5 Å². The van der Waals surface area contributed by atoms with Crippen LogP contribution in [-0.2, 0) is 20.8 Å². The predicted octanol–water partition coefficient (Wildman–Crippen LogP) is -0.600. The molecular formula is C15H25N5O4. The maximum absolute atomic E-state index is 12.5. The Morgan fingerprint density at radius 2 is 1.96 bits per heavy atom. The van der Waals surface area contributed by atoms with Crippen LogP contribution in [0.5, 0.6) is 0 Å². The van der Waals surface area contributed by atoms with Gasteiger partial charge in [-0.2, -0.15) is 0 Å². The van der Waals surface area contributed by atoms with Gasteiger partial charge in [-0.05, 0) is 12.8 Å². The lowest BCUT2D eigenvalue weighted by atomic mass is 9.98.